The van der Waals surface area contributed by atoms with Crippen LogP contribution in [0.1, 0.15) is 12.7 Å². The van der Waals surface area contributed by atoms with Crippen LogP contribution in [-0.2, 0) is 12.3 Å². The van der Waals surface area contributed by atoms with E-state index in [1.165, 1.54) is 23.1 Å². The second kappa shape index (κ2) is 5.55. The van der Waals surface area contributed by atoms with Gasteiger partial charge in [0.15, 0.2) is 5.16 Å². The van der Waals surface area contributed by atoms with Crippen molar-refractivity contribution in [2.45, 2.75) is 24.4 Å². The molecule has 0 fully saturated rings. The van der Waals surface area contributed by atoms with Gasteiger partial charge in [0.2, 0.25) is 0 Å². The van der Waals surface area contributed by atoms with E-state index in [2.05, 4.69) is 20.2 Å². The lowest BCUT2D eigenvalue weighted by Gasteiger charge is -2.02. The van der Waals surface area contributed by atoms with Gasteiger partial charge in [-0.25, -0.2) is 19.9 Å². The number of nitrogens with zero attached hydrogens (tertiary/aromatic N) is 4. The zero-order chi connectivity index (χ0) is 14.1. The Balaban J connectivity index is 1.84. The van der Waals surface area contributed by atoms with Crippen LogP contribution in [0.2, 0.25) is 5.15 Å². The van der Waals surface area contributed by atoms with E-state index < -0.39 is 0 Å². The van der Waals surface area contributed by atoms with Crippen LogP contribution in [0.4, 0.5) is 0 Å². The van der Waals surface area contributed by atoms with Crippen LogP contribution >= 0.6 is 34.7 Å². The molecule has 20 heavy (non-hydrogen) atoms. The van der Waals surface area contributed by atoms with Gasteiger partial charge < -0.3 is 0 Å². The molecule has 9 heteroatoms. The number of thioether (sulfide) groups is 1. The van der Waals surface area contributed by atoms with Crippen LogP contribution in [0.25, 0.3) is 10.2 Å². The molecule has 0 bridgehead atoms. The summed E-state index contributed by atoms with van der Waals surface area (Å²) in [5, 5.41) is 10.3. The van der Waals surface area contributed by atoms with Crippen molar-refractivity contribution in [3.05, 3.63) is 32.9 Å². The lowest BCUT2D eigenvalue weighted by molar-refractivity contribution is 0.660. The topological polar surface area (TPSA) is 76.5 Å². The molecule has 1 N–H and O–H groups in total. The zero-order valence-corrected chi connectivity index (χ0v) is 12.8. The van der Waals surface area contributed by atoms with Crippen molar-refractivity contribution in [1.82, 2.24) is 24.7 Å². The first kappa shape index (κ1) is 13.6. The van der Waals surface area contributed by atoms with Crippen molar-refractivity contribution >= 4 is 44.9 Å². The molecular formula is C11H10ClN5OS2. The fourth-order valence-electron chi connectivity index (χ4n) is 1.75. The van der Waals surface area contributed by atoms with E-state index in [1.54, 1.807) is 4.57 Å². The summed E-state index contributed by atoms with van der Waals surface area (Å²) in [5.74, 6) is 1.14. The van der Waals surface area contributed by atoms with Crippen LogP contribution in [0, 0.1) is 0 Å². The van der Waals surface area contributed by atoms with Gasteiger partial charge in [-0.05, 0) is 18.4 Å². The molecule has 3 aromatic heterocycles. The Bertz CT molecular complexity index is 809. The number of halogens is 1. The van der Waals surface area contributed by atoms with Gasteiger partial charge in [-0.15, -0.1) is 16.4 Å². The summed E-state index contributed by atoms with van der Waals surface area (Å²) < 4.78 is 1.57. The molecule has 0 spiro atoms. The zero-order valence-electron chi connectivity index (χ0n) is 10.5. The summed E-state index contributed by atoms with van der Waals surface area (Å²) in [5.41, 5.74) is -0.206. The molecule has 3 rings (SSSR count). The molecule has 0 aliphatic heterocycles. The largest absolute Gasteiger partial charge is 0.343 e. The summed E-state index contributed by atoms with van der Waals surface area (Å²) in [4.78, 5) is 21.0. The summed E-state index contributed by atoms with van der Waals surface area (Å²) in [6, 6.07) is 1.90. The van der Waals surface area contributed by atoms with E-state index in [0.717, 1.165) is 10.2 Å². The Morgan fingerprint density at radius 1 is 1.50 bits per heavy atom. The third-order valence-corrected chi connectivity index (χ3v) is 4.76. The minimum atomic E-state index is -0.206. The fourth-order valence-corrected chi connectivity index (χ4v) is 3.70. The van der Waals surface area contributed by atoms with Gasteiger partial charge in [-0.1, -0.05) is 23.4 Å². The Morgan fingerprint density at radius 3 is 3.15 bits per heavy atom. The van der Waals surface area contributed by atoms with E-state index in [0.29, 0.717) is 28.4 Å². The predicted octanol–water partition coefficient (Wildman–Crippen LogP) is 2.54. The summed E-state index contributed by atoms with van der Waals surface area (Å²) in [7, 11) is 0. The minimum Gasteiger partial charge on any atom is -0.270 e. The number of nitrogens with one attached hydrogen (secondary N) is 1. The monoisotopic (exact) mass is 327 g/mol. The Kier molecular flexibility index (Phi) is 3.77. The summed E-state index contributed by atoms with van der Waals surface area (Å²) >= 11 is 9.05. The number of thiophene rings is 1. The predicted molar refractivity (Wildman–Crippen MR) is 80.5 cm³/mol. The van der Waals surface area contributed by atoms with Gasteiger partial charge in [0.1, 0.15) is 15.8 Å². The summed E-state index contributed by atoms with van der Waals surface area (Å²) in [6.45, 7) is 2.47. The molecule has 3 aromatic rings. The Morgan fingerprint density at radius 2 is 2.35 bits per heavy atom. The molecule has 0 radical (unpaired) electrons. The van der Waals surface area contributed by atoms with Crippen molar-refractivity contribution in [2.75, 3.05) is 0 Å². The first-order chi connectivity index (χ1) is 9.69. The third kappa shape index (κ3) is 2.46. The van der Waals surface area contributed by atoms with Gasteiger partial charge >= 0.3 is 5.69 Å². The maximum Gasteiger partial charge on any atom is 0.343 e. The lowest BCUT2D eigenvalue weighted by atomic mass is 10.4. The van der Waals surface area contributed by atoms with E-state index in [4.69, 9.17) is 11.6 Å². The highest BCUT2D eigenvalue weighted by Gasteiger charge is 2.11. The van der Waals surface area contributed by atoms with Crippen molar-refractivity contribution in [2.24, 2.45) is 0 Å². The number of rotatable bonds is 4. The average molecular weight is 328 g/mol. The van der Waals surface area contributed by atoms with Crippen LogP contribution in [0.5, 0.6) is 0 Å². The number of aromatic amines is 1. The third-order valence-electron chi connectivity index (χ3n) is 2.69. The average Bonchev–Trinajstić information content (AvgIpc) is 3.03. The molecule has 6 nitrogen and oxygen atoms in total. The highest BCUT2D eigenvalue weighted by Crippen LogP contribution is 2.26. The van der Waals surface area contributed by atoms with Gasteiger partial charge in [0.05, 0.1) is 5.75 Å². The molecule has 104 valence electrons. The van der Waals surface area contributed by atoms with Crippen LogP contribution in [0.15, 0.2) is 21.4 Å². The highest BCUT2D eigenvalue weighted by molar-refractivity contribution is 7.98. The molecular weight excluding hydrogens is 318 g/mol. The van der Waals surface area contributed by atoms with Crippen molar-refractivity contribution < 1.29 is 0 Å². The van der Waals surface area contributed by atoms with E-state index >= 15 is 0 Å². The fraction of sp³-hybridized carbons (Fsp3) is 0.273. The number of hydrogen-bond acceptors (Lipinski definition) is 6. The Labute approximate surface area is 127 Å². The smallest absolute Gasteiger partial charge is 0.270 e. The number of H-pyrrole nitrogens is 1. The van der Waals surface area contributed by atoms with E-state index in [9.17, 15) is 4.79 Å². The van der Waals surface area contributed by atoms with Gasteiger partial charge in [-0.2, -0.15) is 0 Å². The minimum absolute atomic E-state index is 0.206. The first-order valence-electron chi connectivity index (χ1n) is 5.86. The van der Waals surface area contributed by atoms with Gasteiger partial charge in [0, 0.05) is 11.9 Å². The van der Waals surface area contributed by atoms with Gasteiger partial charge in [0.25, 0.3) is 0 Å². The van der Waals surface area contributed by atoms with E-state index in [1.807, 2.05) is 18.4 Å². The standard InChI is InChI=1S/C11H10ClN5OS2/c1-2-17-10(18)15-16-11(17)20-5-7-13-8(12)6-3-4-19-9(6)14-7/h3-4H,2,5H2,1H3,(H,15,18). The summed E-state index contributed by atoms with van der Waals surface area (Å²) in [6.07, 6.45) is 0. The molecule has 0 aliphatic rings. The quantitative estimate of drug-likeness (QED) is 0.588. The SMILES string of the molecule is CCn1c(SCc2nc(Cl)c3ccsc3n2)n[nH]c1=O. The number of hydrogen-bond donors (Lipinski definition) is 1. The Hall–Kier alpha value is -1.38. The number of aromatic nitrogens is 5. The maximum atomic E-state index is 11.5. The second-order valence-electron chi connectivity index (χ2n) is 3.91. The van der Waals surface area contributed by atoms with Crippen molar-refractivity contribution in [3.8, 4) is 0 Å². The molecule has 0 aliphatic carbocycles. The lowest BCUT2D eigenvalue weighted by Crippen LogP contribution is -2.16. The number of fused-ring (bicyclic) bond motifs is 1. The highest BCUT2D eigenvalue weighted by atomic mass is 35.5. The van der Waals surface area contributed by atoms with Crippen LogP contribution in [0.3, 0.4) is 0 Å². The molecule has 3 heterocycles. The van der Waals surface area contributed by atoms with E-state index in [-0.39, 0.29) is 5.69 Å². The normalized spacial score (nSPS) is 11.3. The van der Waals surface area contributed by atoms with Gasteiger partial charge in [-0.3, -0.25) is 4.57 Å². The molecule has 0 amide bonds. The molecule has 0 saturated carbocycles. The van der Waals surface area contributed by atoms with Crippen LogP contribution in [-0.4, -0.2) is 24.7 Å². The molecule has 0 atom stereocenters. The first-order valence-corrected chi connectivity index (χ1v) is 8.11. The van der Waals surface area contributed by atoms with Crippen LogP contribution < -0.4 is 5.69 Å². The molecule has 0 unspecified atom stereocenters. The molecule has 0 saturated heterocycles. The van der Waals surface area contributed by atoms with Crippen molar-refractivity contribution in [1.29, 1.82) is 0 Å². The molecule has 0 aromatic carbocycles. The maximum absolute atomic E-state index is 11.5. The van der Waals surface area contributed by atoms with Crippen molar-refractivity contribution in [3.63, 3.8) is 0 Å². The second-order valence-corrected chi connectivity index (χ2v) is 6.11.